The van der Waals surface area contributed by atoms with Crippen LogP contribution in [-0.2, 0) is 0 Å². The van der Waals surface area contributed by atoms with Crippen molar-refractivity contribution in [1.29, 1.82) is 0 Å². The SMILES string of the molecule is COc1ccc(C2=NN(C(=O)c3ccc(OC)c(F)c3F)CC2)cc1OC. The Morgan fingerprint density at radius 3 is 2.30 bits per heavy atom. The van der Waals surface area contributed by atoms with Crippen LogP contribution in [-0.4, -0.2) is 44.5 Å². The van der Waals surface area contributed by atoms with Gasteiger partial charge in [-0.1, -0.05) is 0 Å². The number of amides is 1. The van der Waals surface area contributed by atoms with E-state index in [1.54, 1.807) is 18.2 Å². The van der Waals surface area contributed by atoms with Crippen LogP contribution < -0.4 is 14.2 Å². The molecule has 0 bridgehead atoms. The Morgan fingerprint density at radius 2 is 1.63 bits per heavy atom. The highest BCUT2D eigenvalue weighted by Gasteiger charge is 2.27. The lowest BCUT2D eigenvalue weighted by atomic mass is 10.1. The molecule has 0 atom stereocenters. The van der Waals surface area contributed by atoms with E-state index in [0.717, 1.165) is 10.6 Å². The molecule has 3 rings (SSSR count). The first kappa shape index (κ1) is 18.6. The van der Waals surface area contributed by atoms with Gasteiger partial charge in [0.1, 0.15) is 0 Å². The van der Waals surface area contributed by atoms with Crippen molar-refractivity contribution in [2.24, 2.45) is 5.10 Å². The fourth-order valence-electron chi connectivity index (χ4n) is 2.82. The zero-order chi connectivity index (χ0) is 19.6. The van der Waals surface area contributed by atoms with Gasteiger partial charge in [0, 0.05) is 12.0 Å². The molecule has 0 unspecified atom stereocenters. The maximum Gasteiger partial charge on any atom is 0.277 e. The van der Waals surface area contributed by atoms with Gasteiger partial charge in [-0.15, -0.1) is 0 Å². The van der Waals surface area contributed by atoms with Crippen LogP contribution in [0.15, 0.2) is 35.4 Å². The van der Waals surface area contributed by atoms with E-state index >= 15 is 0 Å². The van der Waals surface area contributed by atoms with Gasteiger partial charge in [0.15, 0.2) is 23.1 Å². The molecule has 1 amide bonds. The lowest BCUT2D eigenvalue weighted by Gasteiger charge is -2.13. The number of hydrogen-bond acceptors (Lipinski definition) is 5. The molecule has 27 heavy (non-hydrogen) atoms. The van der Waals surface area contributed by atoms with Gasteiger partial charge in [-0.2, -0.15) is 9.49 Å². The summed E-state index contributed by atoms with van der Waals surface area (Å²) in [4.78, 5) is 12.5. The van der Waals surface area contributed by atoms with Crippen LogP contribution >= 0.6 is 0 Å². The number of hydrazone groups is 1. The normalized spacial score (nSPS) is 13.4. The fourth-order valence-corrected chi connectivity index (χ4v) is 2.82. The highest BCUT2D eigenvalue weighted by Crippen LogP contribution is 2.30. The number of hydrogen-bond donors (Lipinski definition) is 0. The summed E-state index contributed by atoms with van der Waals surface area (Å²) in [5.41, 5.74) is 0.994. The fraction of sp³-hybridized carbons (Fsp3) is 0.263. The molecule has 6 nitrogen and oxygen atoms in total. The average molecular weight is 376 g/mol. The number of benzene rings is 2. The van der Waals surface area contributed by atoms with Crippen LogP contribution in [0.3, 0.4) is 0 Å². The smallest absolute Gasteiger partial charge is 0.277 e. The van der Waals surface area contributed by atoms with Gasteiger partial charge in [-0.25, -0.2) is 9.40 Å². The van der Waals surface area contributed by atoms with Crippen molar-refractivity contribution in [3.05, 3.63) is 53.1 Å². The van der Waals surface area contributed by atoms with E-state index < -0.39 is 23.1 Å². The van der Waals surface area contributed by atoms with Crippen LogP contribution in [0, 0.1) is 11.6 Å². The Morgan fingerprint density at radius 1 is 0.963 bits per heavy atom. The number of ether oxygens (including phenoxy) is 3. The van der Waals surface area contributed by atoms with Gasteiger partial charge in [-0.05, 0) is 30.3 Å². The summed E-state index contributed by atoms with van der Waals surface area (Å²) in [6.07, 6.45) is 0.474. The third kappa shape index (κ3) is 3.42. The molecule has 2 aromatic rings. The molecular weight excluding hydrogens is 358 g/mol. The van der Waals surface area contributed by atoms with Gasteiger partial charge in [0.2, 0.25) is 5.82 Å². The number of nitrogens with zero attached hydrogens (tertiary/aromatic N) is 2. The molecule has 0 fully saturated rings. The zero-order valence-corrected chi connectivity index (χ0v) is 15.1. The Hall–Kier alpha value is -3.16. The predicted molar refractivity (Wildman–Crippen MR) is 94.6 cm³/mol. The molecule has 0 aromatic heterocycles. The Kier molecular flexibility index (Phi) is 5.25. The quantitative estimate of drug-likeness (QED) is 0.804. The molecule has 0 N–H and O–H groups in total. The first-order chi connectivity index (χ1) is 13.0. The summed E-state index contributed by atoms with van der Waals surface area (Å²) in [6.45, 7) is 0.260. The van der Waals surface area contributed by atoms with Crippen molar-refractivity contribution in [3.63, 3.8) is 0 Å². The molecular formula is C19H18F2N2O4. The van der Waals surface area contributed by atoms with Crippen LogP contribution in [0.25, 0.3) is 0 Å². The molecule has 1 aliphatic rings. The van der Waals surface area contributed by atoms with Gasteiger partial charge in [0.05, 0.1) is 39.1 Å². The van der Waals surface area contributed by atoms with Crippen molar-refractivity contribution in [2.45, 2.75) is 6.42 Å². The van der Waals surface area contributed by atoms with E-state index in [1.807, 2.05) is 0 Å². The second-order valence-electron chi connectivity index (χ2n) is 5.74. The van der Waals surface area contributed by atoms with E-state index in [4.69, 9.17) is 14.2 Å². The number of carbonyl (C=O) groups is 1. The van der Waals surface area contributed by atoms with Crippen LogP contribution in [0.2, 0.25) is 0 Å². The third-order valence-electron chi connectivity index (χ3n) is 4.25. The van der Waals surface area contributed by atoms with Gasteiger partial charge in [-0.3, -0.25) is 4.79 Å². The van der Waals surface area contributed by atoms with Gasteiger partial charge < -0.3 is 14.2 Å². The highest BCUT2D eigenvalue weighted by molar-refractivity contribution is 6.04. The van der Waals surface area contributed by atoms with Crippen molar-refractivity contribution < 1.29 is 27.8 Å². The minimum Gasteiger partial charge on any atom is -0.494 e. The lowest BCUT2D eigenvalue weighted by molar-refractivity contribution is 0.0772. The van der Waals surface area contributed by atoms with Crippen LogP contribution in [0.4, 0.5) is 8.78 Å². The van der Waals surface area contributed by atoms with Crippen LogP contribution in [0.5, 0.6) is 17.2 Å². The molecule has 0 spiro atoms. The standard InChI is InChI=1S/C19H18F2N2O4/c1-25-14-6-4-11(10-16(14)27-3)13-8-9-23(22-13)19(24)12-5-7-15(26-2)18(21)17(12)20/h4-7,10H,8-9H2,1-3H3. The van der Waals surface area contributed by atoms with Crippen LogP contribution in [0.1, 0.15) is 22.3 Å². The van der Waals surface area contributed by atoms with E-state index in [1.165, 1.54) is 33.5 Å². The maximum atomic E-state index is 14.2. The summed E-state index contributed by atoms with van der Waals surface area (Å²) in [6, 6.07) is 7.67. The topological polar surface area (TPSA) is 60.4 Å². The lowest BCUT2D eigenvalue weighted by Crippen LogP contribution is -2.24. The van der Waals surface area contributed by atoms with Crippen molar-refractivity contribution in [3.8, 4) is 17.2 Å². The number of methoxy groups -OCH3 is 3. The summed E-state index contributed by atoms with van der Waals surface area (Å²) < 4.78 is 43.2. The number of carbonyl (C=O) groups excluding carboxylic acids is 1. The summed E-state index contributed by atoms with van der Waals surface area (Å²) in [5.74, 6) is -2.33. The molecule has 1 aliphatic heterocycles. The van der Waals surface area contributed by atoms with E-state index in [9.17, 15) is 13.6 Å². The molecule has 8 heteroatoms. The second kappa shape index (κ2) is 7.61. The van der Waals surface area contributed by atoms with Crippen molar-refractivity contribution in [1.82, 2.24) is 5.01 Å². The number of halogens is 2. The van der Waals surface area contributed by atoms with E-state index in [2.05, 4.69) is 5.10 Å². The maximum absolute atomic E-state index is 14.2. The van der Waals surface area contributed by atoms with Gasteiger partial charge in [0.25, 0.3) is 5.91 Å². The Bertz CT molecular complexity index is 915. The summed E-state index contributed by atoms with van der Waals surface area (Å²) >= 11 is 0. The average Bonchev–Trinajstić information content (AvgIpc) is 3.19. The molecule has 0 radical (unpaired) electrons. The van der Waals surface area contributed by atoms with Crippen molar-refractivity contribution >= 4 is 11.6 Å². The Labute approximate surface area is 154 Å². The van der Waals surface area contributed by atoms with Crippen molar-refractivity contribution in [2.75, 3.05) is 27.9 Å². The highest BCUT2D eigenvalue weighted by atomic mass is 19.2. The molecule has 142 valence electrons. The monoisotopic (exact) mass is 376 g/mol. The Balaban J connectivity index is 1.87. The summed E-state index contributed by atoms with van der Waals surface area (Å²) in [7, 11) is 4.28. The minimum absolute atomic E-state index is 0.260. The first-order valence-corrected chi connectivity index (χ1v) is 8.13. The zero-order valence-electron chi connectivity index (χ0n) is 15.1. The molecule has 0 saturated heterocycles. The minimum atomic E-state index is -1.26. The molecule has 0 saturated carbocycles. The number of rotatable bonds is 5. The van der Waals surface area contributed by atoms with Gasteiger partial charge >= 0.3 is 0 Å². The van der Waals surface area contributed by atoms with E-state index in [0.29, 0.717) is 23.6 Å². The predicted octanol–water partition coefficient (Wildman–Crippen LogP) is 3.24. The first-order valence-electron chi connectivity index (χ1n) is 8.13. The third-order valence-corrected chi connectivity index (χ3v) is 4.25. The second-order valence-corrected chi connectivity index (χ2v) is 5.74. The molecule has 0 aliphatic carbocycles. The molecule has 2 aromatic carbocycles. The summed E-state index contributed by atoms with van der Waals surface area (Å²) in [5, 5.41) is 5.38. The van der Waals surface area contributed by atoms with E-state index in [-0.39, 0.29) is 12.3 Å². The molecule has 1 heterocycles. The largest absolute Gasteiger partial charge is 0.494 e.